The Morgan fingerprint density at radius 1 is 0.661 bits per heavy atom. The van der Waals surface area contributed by atoms with Crippen molar-refractivity contribution in [3.63, 3.8) is 0 Å². The first kappa shape index (κ1) is 40.5. The van der Waals surface area contributed by atoms with Crippen LogP contribution >= 0.6 is 0 Å². The van der Waals surface area contributed by atoms with Crippen molar-refractivity contribution >= 4 is 30.3 Å². The summed E-state index contributed by atoms with van der Waals surface area (Å²) < 4.78 is 7.16. The highest BCUT2D eigenvalue weighted by atomic mass is 28.4. The zero-order valence-electron chi connectivity index (χ0n) is 33.6. The molecule has 0 radical (unpaired) electrons. The van der Waals surface area contributed by atoms with Crippen molar-refractivity contribution in [1.29, 1.82) is 0 Å². The molecule has 0 aliphatic rings. The molecule has 6 aromatic rings. The summed E-state index contributed by atoms with van der Waals surface area (Å²) in [5.41, 5.74) is 13.6. The standard InChI is InChI=1S/C50H57N3O2Si/c1-38-29-32-43(33-30-38)50(41-20-10-6-11-21-41,42-22-12-7-13-23-42)52-35-19-18-28-46(51)48(54)53-47-34-31-40(36-39(47)2)37-55-56(49(3,4)5,44-24-14-8-15-25-44)45-26-16-9-17-27-45/h6-17,20-27,29-34,36,46,52H,18-19,28,35,37,51H2,1-5H3,(H,53,54)/t46-/m0/s1. The van der Waals surface area contributed by atoms with Crippen LogP contribution in [0.25, 0.3) is 0 Å². The maximum absolute atomic E-state index is 13.4. The van der Waals surface area contributed by atoms with Crippen LogP contribution in [0.5, 0.6) is 0 Å². The Balaban J connectivity index is 1.08. The highest BCUT2D eigenvalue weighted by Crippen LogP contribution is 2.38. The average Bonchev–Trinajstić information content (AvgIpc) is 3.22. The van der Waals surface area contributed by atoms with E-state index in [0.717, 1.165) is 36.2 Å². The molecular weight excluding hydrogens is 703 g/mol. The fourth-order valence-electron chi connectivity index (χ4n) is 8.02. The van der Waals surface area contributed by atoms with Crippen LogP contribution in [0.2, 0.25) is 5.04 Å². The molecule has 288 valence electrons. The van der Waals surface area contributed by atoms with Crippen LogP contribution in [0.4, 0.5) is 5.69 Å². The molecule has 0 unspecified atom stereocenters. The number of benzene rings is 6. The minimum Gasteiger partial charge on any atom is -0.403 e. The number of nitrogens with one attached hydrogen (secondary N) is 2. The predicted molar refractivity (Wildman–Crippen MR) is 236 cm³/mol. The van der Waals surface area contributed by atoms with Gasteiger partial charge >= 0.3 is 0 Å². The SMILES string of the molecule is Cc1ccc(C(NCCCC[C@H](N)C(=O)Nc2ccc(CO[Si](c3ccccc3)(c3ccccc3)C(C)(C)C)cc2C)(c2ccccc2)c2ccccc2)cc1. The van der Waals surface area contributed by atoms with Crippen molar-refractivity contribution < 1.29 is 9.22 Å². The number of nitrogens with two attached hydrogens (primary N) is 1. The molecule has 4 N–H and O–H groups in total. The van der Waals surface area contributed by atoms with E-state index in [1.165, 1.54) is 32.6 Å². The Morgan fingerprint density at radius 3 is 1.66 bits per heavy atom. The van der Waals surface area contributed by atoms with Crippen LogP contribution in [-0.4, -0.2) is 26.8 Å². The molecule has 5 nitrogen and oxygen atoms in total. The summed E-state index contributed by atoms with van der Waals surface area (Å²) in [6, 6.07) is 57.0. The molecule has 0 spiro atoms. The minimum atomic E-state index is -2.68. The van der Waals surface area contributed by atoms with Gasteiger partial charge in [-0.2, -0.15) is 0 Å². The van der Waals surface area contributed by atoms with Crippen molar-refractivity contribution in [3.8, 4) is 0 Å². The van der Waals surface area contributed by atoms with Gasteiger partial charge in [0.05, 0.1) is 18.2 Å². The van der Waals surface area contributed by atoms with Crippen molar-refractivity contribution in [1.82, 2.24) is 5.32 Å². The molecule has 0 saturated carbocycles. The van der Waals surface area contributed by atoms with E-state index in [4.69, 9.17) is 10.2 Å². The van der Waals surface area contributed by atoms with E-state index in [-0.39, 0.29) is 10.9 Å². The number of unbranched alkanes of at least 4 members (excludes halogenated alkanes) is 1. The highest BCUT2D eigenvalue weighted by molar-refractivity contribution is 6.99. The second kappa shape index (κ2) is 18.2. The zero-order chi connectivity index (χ0) is 39.6. The van der Waals surface area contributed by atoms with Gasteiger partial charge in [0.15, 0.2) is 0 Å². The molecule has 56 heavy (non-hydrogen) atoms. The smallest absolute Gasteiger partial charge is 0.261 e. The Labute approximate surface area is 335 Å². The summed E-state index contributed by atoms with van der Waals surface area (Å²) in [5.74, 6) is -0.167. The van der Waals surface area contributed by atoms with E-state index >= 15 is 0 Å². The number of carbonyl (C=O) groups is 1. The molecule has 0 aromatic heterocycles. The van der Waals surface area contributed by atoms with Crippen molar-refractivity contribution in [2.24, 2.45) is 5.73 Å². The number of amides is 1. The van der Waals surface area contributed by atoms with Gasteiger partial charge in [-0.3, -0.25) is 10.1 Å². The molecule has 6 heteroatoms. The zero-order valence-corrected chi connectivity index (χ0v) is 34.6. The first-order valence-corrected chi connectivity index (χ1v) is 21.8. The lowest BCUT2D eigenvalue weighted by molar-refractivity contribution is -0.117. The van der Waals surface area contributed by atoms with E-state index in [9.17, 15) is 4.79 Å². The van der Waals surface area contributed by atoms with Crippen LogP contribution in [0, 0.1) is 13.8 Å². The highest BCUT2D eigenvalue weighted by Gasteiger charge is 2.50. The van der Waals surface area contributed by atoms with Gasteiger partial charge < -0.3 is 15.5 Å². The molecule has 0 bridgehead atoms. The largest absolute Gasteiger partial charge is 0.403 e. The fourth-order valence-corrected chi connectivity index (χ4v) is 12.6. The quantitative estimate of drug-likeness (QED) is 0.0523. The summed E-state index contributed by atoms with van der Waals surface area (Å²) in [6.45, 7) is 12.2. The molecule has 6 rings (SSSR count). The van der Waals surface area contributed by atoms with Gasteiger partial charge in [-0.05, 0) is 82.5 Å². The lowest BCUT2D eigenvalue weighted by atomic mass is 9.76. The molecule has 0 fully saturated rings. The third-order valence-corrected chi connectivity index (χ3v) is 16.0. The molecule has 0 aliphatic heterocycles. The Hall–Kier alpha value is -5.11. The fraction of sp³-hybridized carbons (Fsp3) is 0.260. The van der Waals surface area contributed by atoms with Gasteiger partial charge in [-0.25, -0.2) is 0 Å². The van der Waals surface area contributed by atoms with Gasteiger partial charge in [0.2, 0.25) is 5.91 Å². The topological polar surface area (TPSA) is 76.4 Å². The van der Waals surface area contributed by atoms with Crippen LogP contribution in [0.3, 0.4) is 0 Å². The van der Waals surface area contributed by atoms with Crippen LogP contribution < -0.4 is 26.7 Å². The summed E-state index contributed by atoms with van der Waals surface area (Å²) in [4.78, 5) is 13.4. The number of aryl methyl sites for hydroxylation is 2. The number of carbonyl (C=O) groups excluding carboxylic acids is 1. The Kier molecular flexibility index (Phi) is 13.2. The van der Waals surface area contributed by atoms with Gasteiger partial charge in [0, 0.05) is 5.69 Å². The lowest BCUT2D eigenvalue weighted by Gasteiger charge is -2.43. The summed E-state index contributed by atoms with van der Waals surface area (Å²) in [7, 11) is -2.68. The third-order valence-electron chi connectivity index (χ3n) is 11.0. The molecule has 0 saturated heterocycles. The number of hydrogen-bond acceptors (Lipinski definition) is 4. The van der Waals surface area contributed by atoms with Crippen LogP contribution in [0.15, 0.2) is 164 Å². The Morgan fingerprint density at radius 2 is 1.16 bits per heavy atom. The average molecular weight is 760 g/mol. The van der Waals surface area contributed by atoms with Crippen molar-refractivity contribution in [2.75, 3.05) is 11.9 Å². The molecule has 1 atom stereocenters. The maximum Gasteiger partial charge on any atom is 0.261 e. The summed E-state index contributed by atoms with van der Waals surface area (Å²) in [6.07, 6.45) is 2.27. The monoisotopic (exact) mass is 759 g/mol. The van der Waals surface area contributed by atoms with Gasteiger partial charge in [0.25, 0.3) is 8.32 Å². The second-order valence-electron chi connectivity index (χ2n) is 16.0. The minimum absolute atomic E-state index is 0.112. The van der Waals surface area contributed by atoms with Crippen LogP contribution in [0.1, 0.15) is 73.4 Å². The third kappa shape index (κ3) is 8.96. The van der Waals surface area contributed by atoms with E-state index < -0.39 is 19.9 Å². The van der Waals surface area contributed by atoms with Crippen LogP contribution in [-0.2, 0) is 21.4 Å². The first-order chi connectivity index (χ1) is 27.0. The van der Waals surface area contributed by atoms with Crippen molar-refractivity contribution in [3.05, 3.63) is 197 Å². The van der Waals surface area contributed by atoms with Gasteiger partial charge in [-0.15, -0.1) is 0 Å². The number of anilines is 1. The maximum atomic E-state index is 13.4. The lowest BCUT2D eigenvalue weighted by Crippen LogP contribution is -2.66. The Bertz CT molecular complexity index is 2060. The molecule has 0 aliphatic carbocycles. The second-order valence-corrected chi connectivity index (χ2v) is 20.3. The summed E-state index contributed by atoms with van der Waals surface area (Å²) in [5, 5.41) is 9.45. The first-order valence-electron chi connectivity index (χ1n) is 19.9. The normalized spacial score (nSPS) is 12.6. The van der Waals surface area contributed by atoms with E-state index in [1.807, 2.05) is 13.0 Å². The number of rotatable bonds is 16. The predicted octanol–water partition coefficient (Wildman–Crippen LogP) is 9.40. The van der Waals surface area contributed by atoms with Gasteiger partial charge in [0.1, 0.15) is 0 Å². The van der Waals surface area contributed by atoms with E-state index in [1.54, 1.807) is 0 Å². The van der Waals surface area contributed by atoms with Crippen molar-refractivity contribution in [2.45, 2.75) is 77.1 Å². The molecule has 6 aromatic carbocycles. The molecule has 1 amide bonds. The van der Waals surface area contributed by atoms with E-state index in [0.29, 0.717) is 13.0 Å². The van der Waals surface area contributed by atoms with Gasteiger partial charge in [-0.1, -0.05) is 190 Å². The van der Waals surface area contributed by atoms with E-state index in [2.05, 4.69) is 196 Å². The molecular formula is C50H57N3O2Si. The number of hydrogen-bond donors (Lipinski definition) is 3. The summed E-state index contributed by atoms with van der Waals surface area (Å²) >= 11 is 0. The molecule has 0 heterocycles.